The lowest BCUT2D eigenvalue weighted by atomic mass is 10.4. The lowest BCUT2D eigenvalue weighted by molar-refractivity contribution is -0.147. The molecule has 1 aliphatic heterocycles. The molecular weight excluding hydrogens is 200 g/mol. The average Bonchev–Trinajstić information content (AvgIpc) is 1.96. The van der Waals surface area contributed by atoms with Crippen LogP contribution in [0.15, 0.2) is 0 Å². The number of thioether (sulfide) groups is 2. The van der Waals surface area contributed by atoms with E-state index in [1.54, 1.807) is 6.92 Å². The second-order valence-electron chi connectivity index (χ2n) is 2.84. The fraction of sp³-hybridized carbons (Fsp3) is 0.833. The molecule has 1 aliphatic rings. The Bertz CT molecular complexity index is 194. The Morgan fingerprint density at radius 2 is 1.92 bits per heavy atom. The van der Waals surface area contributed by atoms with Gasteiger partial charge in [0.15, 0.2) is 0 Å². The van der Waals surface area contributed by atoms with Gasteiger partial charge in [-0.2, -0.15) is 0 Å². The number of hydrogen-bond acceptors (Lipinski definition) is 5. The van der Waals surface area contributed by atoms with E-state index < -0.39 is 15.8 Å². The van der Waals surface area contributed by atoms with Gasteiger partial charge in [0.25, 0.3) is 0 Å². The zero-order chi connectivity index (χ0) is 9.41. The Balaban J connectivity index is 2.62. The van der Waals surface area contributed by atoms with Crippen molar-refractivity contribution in [3.63, 3.8) is 0 Å². The third kappa shape index (κ3) is 2.07. The maximum Gasteiger partial charge on any atom is 0.347 e. The van der Waals surface area contributed by atoms with E-state index in [1.165, 1.54) is 0 Å². The van der Waals surface area contributed by atoms with Crippen LogP contribution < -0.4 is 0 Å². The van der Waals surface area contributed by atoms with Crippen molar-refractivity contribution >= 4 is 29.5 Å². The van der Waals surface area contributed by atoms with Crippen molar-refractivity contribution in [3.8, 4) is 0 Å². The van der Waals surface area contributed by atoms with Crippen LogP contribution in [-0.2, 0) is 4.79 Å². The smallest absolute Gasteiger partial charge is 0.347 e. The molecule has 0 radical (unpaired) electrons. The molecule has 0 saturated carbocycles. The minimum atomic E-state index is -1.73. The summed E-state index contributed by atoms with van der Waals surface area (Å²) in [5, 5.41) is 27.4. The molecule has 0 aromatic rings. The van der Waals surface area contributed by atoms with Crippen LogP contribution >= 0.6 is 23.5 Å². The number of rotatable bonds is 1. The largest absolute Gasteiger partial charge is 0.478 e. The first kappa shape index (κ1) is 10.2. The molecule has 2 atom stereocenters. The molecule has 2 unspecified atom stereocenters. The van der Waals surface area contributed by atoms with Crippen LogP contribution in [0.4, 0.5) is 0 Å². The molecule has 70 valence electrons. The summed E-state index contributed by atoms with van der Waals surface area (Å²) in [4.78, 5) is 7.87. The lowest BCUT2D eigenvalue weighted by Crippen LogP contribution is -2.45. The van der Waals surface area contributed by atoms with Crippen LogP contribution in [0.25, 0.3) is 0 Å². The van der Waals surface area contributed by atoms with Gasteiger partial charge in [-0.05, 0) is 6.92 Å². The second-order valence-corrected chi connectivity index (χ2v) is 5.55. The molecule has 12 heavy (non-hydrogen) atoms. The molecule has 0 aromatic heterocycles. The standard InChI is InChI=1S/C6H10O4S2/c1-5(9)2-12-6(10,3-11-5)4(7)8/h9-10H,2-3H2,1H3,(H,7,8). The van der Waals surface area contributed by atoms with Crippen LogP contribution in [0, 0.1) is 0 Å². The number of aliphatic hydroxyl groups is 2. The van der Waals surface area contributed by atoms with Crippen LogP contribution in [0.3, 0.4) is 0 Å². The van der Waals surface area contributed by atoms with Crippen molar-refractivity contribution in [2.75, 3.05) is 11.5 Å². The van der Waals surface area contributed by atoms with Gasteiger partial charge in [-0.25, -0.2) is 4.79 Å². The first-order valence-corrected chi connectivity index (χ1v) is 5.29. The summed E-state index contributed by atoms with van der Waals surface area (Å²) in [6.45, 7) is 1.60. The maximum absolute atomic E-state index is 10.5. The summed E-state index contributed by atoms with van der Waals surface area (Å²) >= 11 is 1.93. The van der Waals surface area contributed by atoms with Gasteiger partial charge < -0.3 is 15.3 Å². The molecule has 3 N–H and O–H groups in total. The topological polar surface area (TPSA) is 77.8 Å². The van der Waals surface area contributed by atoms with Crippen LogP contribution in [0.5, 0.6) is 0 Å². The molecule has 6 heteroatoms. The highest BCUT2D eigenvalue weighted by molar-refractivity contribution is 8.08. The van der Waals surface area contributed by atoms with Gasteiger partial charge in [-0.1, -0.05) is 0 Å². The maximum atomic E-state index is 10.5. The van der Waals surface area contributed by atoms with E-state index in [9.17, 15) is 15.0 Å². The molecule has 4 nitrogen and oxygen atoms in total. The quantitative estimate of drug-likeness (QED) is 0.563. The number of hydrogen-bond donors (Lipinski definition) is 3. The molecule has 1 rings (SSSR count). The molecule has 1 saturated heterocycles. The predicted molar refractivity (Wildman–Crippen MR) is 48.1 cm³/mol. The summed E-state index contributed by atoms with van der Waals surface area (Å²) in [6, 6.07) is 0. The molecular formula is C6H10O4S2. The highest BCUT2D eigenvalue weighted by Gasteiger charge is 2.44. The van der Waals surface area contributed by atoms with E-state index in [2.05, 4.69) is 0 Å². The molecule has 0 amide bonds. The van der Waals surface area contributed by atoms with Gasteiger partial charge in [0.05, 0.1) is 0 Å². The van der Waals surface area contributed by atoms with Gasteiger partial charge in [0, 0.05) is 11.5 Å². The van der Waals surface area contributed by atoms with Crippen LogP contribution in [0.1, 0.15) is 6.92 Å². The Labute approximate surface area is 78.3 Å². The van der Waals surface area contributed by atoms with Crippen molar-refractivity contribution in [3.05, 3.63) is 0 Å². The molecule has 1 fully saturated rings. The number of carboxylic acids is 1. The summed E-state index contributed by atoms with van der Waals surface area (Å²) in [5.41, 5.74) is 0. The summed E-state index contributed by atoms with van der Waals surface area (Å²) in [6.07, 6.45) is 0. The SMILES string of the molecule is CC1(O)CSC(O)(C(=O)O)CS1. The average molecular weight is 210 g/mol. The summed E-state index contributed by atoms with van der Waals surface area (Å²) < 4.78 is 0. The fourth-order valence-electron chi connectivity index (χ4n) is 0.713. The van der Waals surface area contributed by atoms with Gasteiger partial charge in [0.2, 0.25) is 4.93 Å². The zero-order valence-corrected chi connectivity index (χ0v) is 8.11. The number of carboxylic acid groups (broad SMARTS) is 1. The minimum Gasteiger partial charge on any atom is -0.478 e. The van der Waals surface area contributed by atoms with Crippen molar-refractivity contribution < 1.29 is 20.1 Å². The van der Waals surface area contributed by atoms with E-state index in [-0.39, 0.29) is 11.5 Å². The Morgan fingerprint density at radius 1 is 1.33 bits per heavy atom. The van der Waals surface area contributed by atoms with Crippen molar-refractivity contribution in [1.82, 2.24) is 0 Å². The first-order valence-electron chi connectivity index (χ1n) is 3.32. The van der Waals surface area contributed by atoms with Gasteiger partial charge >= 0.3 is 5.97 Å². The Kier molecular flexibility index (Phi) is 2.63. The first-order chi connectivity index (χ1) is 5.36. The summed E-state index contributed by atoms with van der Waals surface area (Å²) in [7, 11) is 0. The van der Waals surface area contributed by atoms with Gasteiger partial charge in [-0.15, -0.1) is 23.5 Å². The highest BCUT2D eigenvalue weighted by atomic mass is 32.2. The Morgan fingerprint density at radius 3 is 2.25 bits per heavy atom. The zero-order valence-electron chi connectivity index (χ0n) is 6.48. The minimum absolute atomic E-state index is 0.0139. The molecule has 1 heterocycles. The second kappa shape index (κ2) is 3.10. The van der Waals surface area contributed by atoms with E-state index in [1.807, 2.05) is 0 Å². The van der Waals surface area contributed by atoms with Crippen LogP contribution in [-0.4, -0.2) is 42.7 Å². The van der Waals surface area contributed by atoms with Gasteiger partial charge in [-0.3, -0.25) is 0 Å². The van der Waals surface area contributed by atoms with E-state index in [0.29, 0.717) is 0 Å². The molecule has 0 bridgehead atoms. The highest BCUT2D eigenvalue weighted by Crippen LogP contribution is 2.41. The number of aliphatic carboxylic acids is 1. The van der Waals surface area contributed by atoms with E-state index in [4.69, 9.17) is 5.11 Å². The third-order valence-electron chi connectivity index (χ3n) is 1.49. The van der Waals surface area contributed by atoms with Crippen molar-refractivity contribution in [2.24, 2.45) is 0 Å². The monoisotopic (exact) mass is 210 g/mol. The lowest BCUT2D eigenvalue weighted by Gasteiger charge is -2.35. The van der Waals surface area contributed by atoms with E-state index in [0.717, 1.165) is 23.5 Å². The Hall–Kier alpha value is 0.0900. The van der Waals surface area contributed by atoms with Gasteiger partial charge in [0.1, 0.15) is 4.93 Å². The predicted octanol–water partition coefficient (Wildman–Crippen LogP) is -0.0519. The fourth-order valence-corrected chi connectivity index (χ4v) is 2.99. The van der Waals surface area contributed by atoms with Crippen LogP contribution in [0.2, 0.25) is 0 Å². The normalized spacial score (nSPS) is 42.6. The van der Waals surface area contributed by atoms with Crippen molar-refractivity contribution in [2.45, 2.75) is 16.8 Å². The molecule has 0 aliphatic carbocycles. The molecule has 0 aromatic carbocycles. The number of carbonyl (C=O) groups is 1. The van der Waals surface area contributed by atoms with E-state index >= 15 is 0 Å². The summed E-state index contributed by atoms with van der Waals surface area (Å²) in [5.74, 6) is -1.00. The molecule has 0 spiro atoms. The third-order valence-corrected chi connectivity index (χ3v) is 4.69. The van der Waals surface area contributed by atoms with Crippen molar-refractivity contribution in [1.29, 1.82) is 0 Å².